The summed E-state index contributed by atoms with van der Waals surface area (Å²) in [7, 11) is -3.11. The maximum atomic E-state index is 14.3. The summed E-state index contributed by atoms with van der Waals surface area (Å²) in [6, 6.07) is 7.40. The molecule has 5 rings (SSSR count). The van der Waals surface area contributed by atoms with Crippen LogP contribution in [0, 0.1) is 18.6 Å². The first-order chi connectivity index (χ1) is 19.2. The second-order valence-corrected chi connectivity index (χ2v) is 10.7. The van der Waals surface area contributed by atoms with Crippen LogP contribution in [0.15, 0.2) is 53.8 Å². The summed E-state index contributed by atoms with van der Waals surface area (Å²) < 4.78 is 72.7. The van der Waals surface area contributed by atoms with Crippen molar-refractivity contribution in [2.45, 2.75) is 11.8 Å². The van der Waals surface area contributed by atoms with E-state index in [4.69, 9.17) is 14.2 Å². The summed E-state index contributed by atoms with van der Waals surface area (Å²) in [5.41, 5.74) is 2.54. The van der Waals surface area contributed by atoms with Gasteiger partial charge < -0.3 is 14.2 Å². The number of morpholine rings is 1. The predicted octanol–water partition coefficient (Wildman–Crippen LogP) is 3.80. The zero-order valence-corrected chi connectivity index (χ0v) is 22.7. The molecule has 2 aromatic heterocycles. The van der Waals surface area contributed by atoms with Gasteiger partial charge in [0.1, 0.15) is 46.4 Å². The molecule has 0 atom stereocenters. The van der Waals surface area contributed by atoms with Crippen molar-refractivity contribution in [3.63, 3.8) is 0 Å². The molecule has 10 nitrogen and oxygen atoms in total. The first-order valence-electron chi connectivity index (χ1n) is 12.5. The lowest BCUT2D eigenvalue weighted by atomic mass is 10.0. The molecule has 13 heteroatoms. The summed E-state index contributed by atoms with van der Waals surface area (Å²) in [5, 5.41) is 0.757. The number of aryl methyl sites for hydroxylation is 1. The number of hydrogen-bond acceptors (Lipinski definition) is 9. The van der Waals surface area contributed by atoms with Gasteiger partial charge in [-0.3, -0.25) is 9.62 Å². The molecule has 1 aliphatic heterocycles. The molecule has 0 aliphatic carbocycles. The molecule has 0 radical (unpaired) electrons. The van der Waals surface area contributed by atoms with Crippen molar-refractivity contribution in [3.8, 4) is 22.8 Å². The Morgan fingerprint density at radius 3 is 2.60 bits per heavy atom. The van der Waals surface area contributed by atoms with Crippen molar-refractivity contribution in [1.82, 2.24) is 19.9 Å². The van der Waals surface area contributed by atoms with Gasteiger partial charge in [0.25, 0.3) is 10.0 Å². The van der Waals surface area contributed by atoms with E-state index in [-0.39, 0.29) is 11.6 Å². The highest BCUT2D eigenvalue weighted by molar-refractivity contribution is 7.92. The average Bonchev–Trinajstić information content (AvgIpc) is 2.93. The molecule has 0 amide bonds. The quantitative estimate of drug-likeness (QED) is 0.320. The van der Waals surface area contributed by atoms with E-state index in [0.29, 0.717) is 48.3 Å². The van der Waals surface area contributed by atoms with Gasteiger partial charge in [-0.05, 0) is 42.8 Å². The highest BCUT2D eigenvalue weighted by Gasteiger charge is 2.23. The van der Waals surface area contributed by atoms with Crippen LogP contribution in [-0.4, -0.2) is 74.8 Å². The van der Waals surface area contributed by atoms with Crippen LogP contribution >= 0.6 is 0 Å². The van der Waals surface area contributed by atoms with Crippen LogP contribution in [0.4, 0.5) is 14.5 Å². The number of pyridine rings is 1. The fourth-order valence-corrected chi connectivity index (χ4v) is 5.49. The van der Waals surface area contributed by atoms with E-state index in [9.17, 15) is 17.2 Å². The Kier molecular flexibility index (Phi) is 8.05. The maximum absolute atomic E-state index is 14.3. The standard InChI is InChI=1S/C27H27F2N5O5S/c1-17-21-11-18(13-24(26(21)32-16-31-17)39-10-7-34-5-8-38-9-6-34)19-12-23(27(37-2)30-15-19)33-40(35,36)25-4-3-20(28)14-22(25)29/h3-4,11-16,33H,5-10H2,1-2H3. The Labute approximate surface area is 230 Å². The number of benzene rings is 2. The van der Waals surface area contributed by atoms with Crippen LogP contribution < -0.4 is 14.2 Å². The molecule has 40 heavy (non-hydrogen) atoms. The minimum absolute atomic E-state index is 0.0281. The van der Waals surface area contributed by atoms with Gasteiger partial charge in [-0.2, -0.15) is 0 Å². The van der Waals surface area contributed by atoms with Gasteiger partial charge in [-0.15, -0.1) is 0 Å². The maximum Gasteiger partial charge on any atom is 0.264 e. The third-order valence-corrected chi connectivity index (χ3v) is 7.88. The number of rotatable bonds is 9. The summed E-state index contributed by atoms with van der Waals surface area (Å²) in [4.78, 5) is 14.5. The summed E-state index contributed by atoms with van der Waals surface area (Å²) in [6.45, 7) is 6.05. The van der Waals surface area contributed by atoms with Crippen molar-refractivity contribution in [1.29, 1.82) is 0 Å². The number of nitrogens with zero attached hydrogens (tertiary/aromatic N) is 4. The minimum atomic E-state index is -4.43. The molecular weight excluding hydrogens is 544 g/mol. The minimum Gasteiger partial charge on any atom is -0.490 e. The molecule has 0 bridgehead atoms. The topological polar surface area (TPSA) is 116 Å². The van der Waals surface area contributed by atoms with E-state index in [2.05, 4.69) is 24.6 Å². The molecule has 0 spiro atoms. The second-order valence-electron chi connectivity index (χ2n) is 9.09. The second kappa shape index (κ2) is 11.7. The van der Waals surface area contributed by atoms with Crippen LogP contribution in [0.25, 0.3) is 22.0 Å². The molecule has 0 unspecified atom stereocenters. The first-order valence-corrected chi connectivity index (χ1v) is 13.9. The van der Waals surface area contributed by atoms with E-state index in [1.165, 1.54) is 25.7 Å². The van der Waals surface area contributed by atoms with Gasteiger partial charge in [0.05, 0.1) is 20.3 Å². The van der Waals surface area contributed by atoms with E-state index in [0.717, 1.165) is 42.8 Å². The number of nitrogens with one attached hydrogen (secondary N) is 1. The number of sulfonamides is 1. The zero-order valence-electron chi connectivity index (χ0n) is 21.9. The molecule has 1 fully saturated rings. The molecule has 1 aliphatic rings. The number of anilines is 1. The third-order valence-electron chi connectivity index (χ3n) is 6.48. The largest absolute Gasteiger partial charge is 0.490 e. The molecule has 2 aromatic carbocycles. The highest BCUT2D eigenvalue weighted by atomic mass is 32.2. The first kappa shape index (κ1) is 27.6. The third kappa shape index (κ3) is 5.96. The van der Waals surface area contributed by atoms with Crippen molar-refractivity contribution in [2.75, 3.05) is 51.3 Å². The fourth-order valence-electron chi connectivity index (χ4n) is 4.38. The number of aromatic nitrogens is 3. The van der Waals surface area contributed by atoms with Crippen LogP contribution in [0.3, 0.4) is 0 Å². The Morgan fingerprint density at radius 1 is 1.05 bits per heavy atom. The number of fused-ring (bicyclic) bond motifs is 1. The predicted molar refractivity (Wildman–Crippen MR) is 144 cm³/mol. The Hall–Kier alpha value is -3.94. The fraction of sp³-hybridized carbons (Fsp3) is 0.296. The molecule has 4 aromatic rings. The molecule has 3 heterocycles. The highest BCUT2D eigenvalue weighted by Crippen LogP contribution is 2.35. The number of ether oxygens (including phenoxy) is 3. The van der Waals surface area contributed by atoms with E-state index < -0.39 is 26.6 Å². The molecule has 0 saturated carbocycles. The zero-order chi connectivity index (χ0) is 28.3. The monoisotopic (exact) mass is 571 g/mol. The van der Waals surface area contributed by atoms with Crippen LogP contribution in [-0.2, 0) is 14.8 Å². The van der Waals surface area contributed by atoms with Crippen LogP contribution in [0.1, 0.15) is 5.69 Å². The average molecular weight is 572 g/mol. The van der Waals surface area contributed by atoms with Crippen molar-refractivity contribution in [2.24, 2.45) is 0 Å². The molecule has 1 N–H and O–H groups in total. The van der Waals surface area contributed by atoms with Gasteiger partial charge in [-0.1, -0.05) is 0 Å². The lowest BCUT2D eigenvalue weighted by molar-refractivity contribution is 0.0323. The summed E-state index contributed by atoms with van der Waals surface area (Å²) >= 11 is 0. The lowest BCUT2D eigenvalue weighted by Gasteiger charge is -2.26. The van der Waals surface area contributed by atoms with Crippen LogP contribution in [0.2, 0.25) is 0 Å². The van der Waals surface area contributed by atoms with Gasteiger partial charge in [0.2, 0.25) is 5.88 Å². The van der Waals surface area contributed by atoms with E-state index in [1.54, 1.807) is 6.07 Å². The molecule has 210 valence electrons. The number of halogens is 2. The normalized spacial score (nSPS) is 14.3. The SMILES string of the molecule is COc1ncc(-c2cc(OCCN3CCOCC3)c3ncnc(C)c3c2)cc1NS(=O)(=O)c1ccc(F)cc1F. The summed E-state index contributed by atoms with van der Waals surface area (Å²) in [5.74, 6) is -1.61. The van der Waals surface area contributed by atoms with Gasteiger partial charge in [0, 0.05) is 48.5 Å². The number of hydrogen-bond donors (Lipinski definition) is 1. The number of methoxy groups -OCH3 is 1. The van der Waals surface area contributed by atoms with Crippen molar-refractivity contribution < 1.29 is 31.4 Å². The van der Waals surface area contributed by atoms with E-state index in [1.807, 2.05) is 13.0 Å². The smallest absolute Gasteiger partial charge is 0.264 e. The molecular formula is C27H27F2N5O5S. The van der Waals surface area contributed by atoms with Crippen LogP contribution in [0.5, 0.6) is 11.6 Å². The Balaban J connectivity index is 1.49. The van der Waals surface area contributed by atoms with Crippen molar-refractivity contribution >= 4 is 26.6 Å². The Morgan fingerprint density at radius 2 is 1.85 bits per heavy atom. The van der Waals surface area contributed by atoms with Crippen molar-refractivity contribution in [3.05, 3.63) is 66.3 Å². The summed E-state index contributed by atoms with van der Waals surface area (Å²) in [6.07, 6.45) is 3.00. The van der Waals surface area contributed by atoms with Gasteiger partial charge in [-0.25, -0.2) is 32.2 Å². The Bertz CT molecular complexity index is 1650. The van der Waals surface area contributed by atoms with E-state index >= 15 is 0 Å². The van der Waals surface area contributed by atoms with Gasteiger partial charge >= 0.3 is 0 Å². The van der Waals surface area contributed by atoms with Gasteiger partial charge in [0.15, 0.2) is 0 Å². The lowest BCUT2D eigenvalue weighted by Crippen LogP contribution is -2.38. The molecule has 1 saturated heterocycles.